The van der Waals surface area contributed by atoms with Crippen molar-refractivity contribution in [3.05, 3.63) is 58.2 Å². The third-order valence-corrected chi connectivity index (χ3v) is 7.10. The molecule has 1 saturated heterocycles. The molecule has 5 rings (SSSR count). The van der Waals surface area contributed by atoms with Crippen molar-refractivity contribution < 1.29 is 23.1 Å². The first-order valence-electron chi connectivity index (χ1n) is 10.8. The molecule has 0 aliphatic carbocycles. The van der Waals surface area contributed by atoms with Gasteiger partial charge in [-0.3, -0.25) is 9.30 Å². The summed E-state index contributed by atoms with van der Waals surface area (Å²) in [5, 5.41) is 20.5. The van der Waals surface area contributed by atoms with Gasteiger partial charge in [0.2, 0.25) is 0 Å². The zero-order chi connectivity index (χ0) is 24.9. The van der Waals surface area contributed by atoms with Gasteiger partial charge in [0.25, 0.3) is 0 Å². The maximum atomic E-state index is 14.2. The summed E-state index contributed by atoms with van der Waals surface area (Å²) < 4.78 is 45.1. The molecule has 4 aromatic rings. The van der Waals surface area contributed by atoms with Crippen LogP contribution >= 0.6 is 15.9 Å². The molecule has 2 atom stereocenters. The number of halogens is 4. The Morgan fingerprint density at radius 2 is 1.97 bits per heavy atom. The van der Waals surface area contributed by atoms with Gasteiger partial charge >= 0.3 is 12.3 Å². The van der Waals surface area contributed by atoms with Crippen LogP contribution < -0.4 is 5.32 Å². The minimum Gasteiger partial charge on any atom is -0.465 e. The molecule has 8 nitrogen and oxygen atoms in total. The van der Waals surface area contributed by atoms with Crippen LogP contribution in [0.1, 0.15) is 23.6 Å². The SMILES string of the molecule is Cc1c(Br)ccc2ccc(-c3nnc4ccc([C@@H](N5CCC(NC(=O)O)C5)C(F)(F)F)cn34)nc12. The van der Waals surface area contributed by atoms with E-state index >= 15 is 0 Å². The van der Waals surface area contributed by atoms with Gasteiger partial charge in [-0.15, -0.1) is 10.2 Å². The van der Waals surface area contributed by atoms with Crippen molar-refractivity contribution in [2.24, 2.45) is 0 Å². The molecule has 1 fully saturated rings. The second-order valence-electron chi connectivity index (χ2n) is 8.53. The van der Waals surface area contributed by atoms with E-state index in [-0.39, 0.29) is 18.7 Å². The molecule has 3 aromatic heterocycles. The number of alkyl halides is 3. The number of carboxylic acid groups (broad SMARTS) is 1. The highest BCUT2D eigenvalue weighted by Crippen LogP contribution is 2.40. The van der Waals surface area contributed by atoms with Crippen molar-refractivity contribution >= 4 is 38.6 Å². The maximum absolute atomic E-state index is 14.2. The summed E-state index contributed by atoms with van der Waals surface area (Å²) in [7, 11) is 0. The number of hydrogen-bond acceptors (Lipinski definition) is 5. The Morgan fingerprint density at radius 3 is 2.71 bits per heavy atom. The summed E-state index contributed by atoms with van der Waals surface area (Å²) in [6.07, 6.45) is -4.12. The second-order valence-corrected chi connectivity index (χ2v) is 9.38. The fourth-order valence-electron chi connectivity index (χ4n) is 4.60. The van der Waals surface area contributed by atoms with Gasteiger partial charge in [0.05, 0.1) is 5.52 Å². The van der Waals surface area contributed by atoms with E-state index in [0.29, 0.717) is 23.6 Å². The average Bonchev–Trinajstić information content (AvgIpc) is 3.42. The molecule has 1 aromatic carbocycles. The Morgan fingerprint density at radius 1 is 1.20 bits per heavy atom. The van der Waals surface area contributed by atoms with Crippen LogP contribution in [0.25, 0.3) is 28.1 Å². The van der Waals surface area contributed by atoms with Gasteiger partial charge in [0, 0.05) is 35.2 Å². The predicted octanol–water partition coefficient (Wildman–Crippen LogP) is 4.96. The highest BCUT2D eigenvalue weighted by Gasteiger charge is 2.47. The van der Waals surface area contributed by atoms with Crippen LogP contribution in [-0.4, -0.2) is 61.0 Å². The van der Waals surface area contributed by atoms with E-state index in [1.807, 2.05) is 25.1 Å². The predicted molar refractivity (Wildman–Crippen MR) is 126 cm³/mol. The molecule has 1 aliphatic heterocycles. The fraction of sp³-hybridized carbons (Fsp3) is 0.304. The van der Waals surface area contributed by atoms with E-state index in [1.54, 1.807) is 6.07 Å². The zero-order valence-corrected chi connectivity index (χ0v) is 20.0. The molecule has 0 spiro atoms. The van der Waals surface area contributed by atoms with Gasteiger partial charge in [0.1, 0.15) is 11.7 Å². The van der Waals surface area contributed by atoms with Crippen LogP contribution in [0.4, 0.5) is 18.0 Å². The van der Waals surface area contributed by atoms with Crippen LogP contribution in [0.3, 0.4) is 0 Å². The number of nitrogens with zero attached hydrogens (tertiary/aromatic N) is 5. The molecule has 4 heterocycles. The average molecular weight is 549 g/mol. The third kappa shape index (κ3) is 4.43. The van der Waals surface area contributed by atoms with Gasteiger partial charge in [0.15, 0.2) is 11.5 Å². The first kappa shape index (κ1) is 23.5. The van der Waals surface area contributed by atoms with Gasteiger partial charge in [-0.1, -0.05) is 34.1 Å². The Kier molecular flexibility index (Phi) is 5.88. The number of aryl methyl sites for hydroxylation is 1. The van der Waals surface area contributed by atoms with Crippen molar-refractivity contribution in [2.45, 2.75) is 31.6 Å². The van der Waals surface area contributed by atoms with Gasteiger partial charge < -0.3 is 10.4 Å². The van der Waals surface area contributed by atoms with Crippen molar-refractivity contribution in [1.29, 1.82) is 0 Å². The minimum absolute atomic E-state index is 0.0155. The van der Waals surface area contributed by atoms with Crippen LogP contribution in [0.5, 0.6) is 0 Å². The lowest BCUT2D eigenvalue weighted by Crippen LogP contribution is -2.40. The molecule has 0 radical (unpaired) electrons. The Balaban J connectivity index is 1.56. The lowest BCUT2D eigenvalue weighted by molar-refractivity contribution is -0.184. The molecule has 0 saturated carbocycles. The van der Waals surface area contributed by atoms with Crippen molar-refractivity contribution in [2.75, 3.05) is 13.1 Å². The molecule has 1 amide bonds. The Labute approximate surface area is 205 Å². The molecule has 12 heteroatoms. The van der Waals surface area contributed by atoms with E-state index in [0.717, 1.165) is 20.9 Å². The molecular weight excluding hydrogens is 529 g/mol. The lowest BCUT2D eigenvalue weighted by Gasteiger charge is -2.30. The standard InChI is InChI=1S/C23H20BrF3N6O2/c1-12-16(24)5-2-13-3-6-17(29-19(12)13)21-31-30-18-7-4-14(10-33(18)21)20(23(25,26)27)32-9-8-15(11-32)28-22(34)35/h2-7,10,15,20,28H,8-9,11H2,1H3,(H,34,35)/t15?,20-/m1/s1. The molecular formula is C23H20BrF3N6O2. The van der Waals surface area contributed by atoms with E-state index < -0.39 is 24.4 Å². The molecule has 35 heavy (non-hydrogen) atoms. The summed E-state index contributed by atoms with van der Waals surface area (Å²) in [6, 6.07) is 7.95. The van der Waals surface area contributed by atoms with Crippen LogP contribution in [0, 0.1) is 6.92 Å². The van der Waals surface area contributed by atoms with E-state index in [1.165, 1.54) is 27.6 Å². The fourth-order valence-corrected chi connectivity index (χ4v) is 4.91. The summed E-state index contributed by atoms with van der Waals surface area (Å²) in [5.74, 6) is 0.330. The number of hydrogen-bond donors (Lipinski definition) is 2. The highest BCUT2D eigenvalue weighted by molar-refractivity contribution is 9.10. The summed E-state index contributed by atoms with van der Waals surface area (Å²) in [5.41, 5.74) is 2.59. The Bertz CT molecular complexity index is 1440. The Hall–Kier alpha value is -3.25. The third-order valence-electron chi connectivity index (χ3n) is 6.24. The summed E-state index contributed by atoms with van der Waals surface area (Å²) in [6.45, 7) is 2.01. The smallest absolute Gasteiger partial charge is 0.408 e. The number of fused-ring (bicyclic) bond motifs is 2. The number of carbonyl (C=O) groups is 1. The number of likely N-dealkylation sites (tertiary alicyclic amines) is 1. The van der Waals surface area contributed by atoms with E-state index in [4.69, 9.17) is 10.1 Å². The largest absolute Gasteiger partial charge is 0.465 e. The topological polar surface area (TPSA) is 95.7 Å². The van der Waals surface area contributed by atoms with E-state index in [9.17, 15) is 18.0 Å². The number of nitrogens with one attached hydrogen (secondary N) is 1. The number of pyridine rings is 2. The summed E-state index contributed by atoms with van der Waals surface area (Å²) in [4.78, 5) is 16.9. The van der Waals surface area contributed by atoms with Crippen molar-refractivity contribution in [3.63, 3.8) is 0 Å². The van der Waals surface area contributed by atoms with Crippen LogP contribution in [0.2, 0.25) is 0 Å². The number of rotatable bonds is 4. The molecule has 182 valence electrons. The zero-order valence-electron chi connectivity index (χ0n) is 18.4. The second kappa shape index (κ2) is 8.76. The highest BCUT2D eigenvalue weighted by atomic mass is 79.9. The van der Waals surface area contributed by atoms with Gasteiger partial charge in [-0.25, -0.2) is 9.78 Å². The monoisotopic (exact) mass is 548 g/mol. The van der Waals surface area contributed by atoms with Gasteiger partial charge in [-0.05, 0) is 42.7 Å². The maximum Gasteiger partial charge on any atom is 0.408 e. The lowest BCUT2D eigenvalue weighted by atomic mass is 10.1. The van der Waals surface area contributed by atoms with Crippen LogP contribution in [-0.2, 0) is 0 Å². The summed E-state index contributed by atoms with van der Waals surface area (Å²) >= 11 is 3.50. The number of aromatic nitrogens is 4. The van der Waals surface area contributed by atoms with E-state index in [2.05, 4.69) is 31.4 Å². The molecule has 1 unspecified atom stereocenters. The van der Waals surface area contributed by atoms with Crippen molar-refractivity contribution in [1.82, 2.24) is 29.8 Å². The quantitative estimate of drug-likeness (QED) is 0.374. The minimum atomic E-state index is -4.56. The molecule has 2 N–H and O–H groups in total. The first-order valence-corrected chi connectivity index (χ1v) is 11.6. The number of benzene rings is 1. The normalized spacial score (nSPS) is 17.8. The molecule has 1 aliphatic rings. The van der Waals surface area contributed by atoms with Crippen LogP contribution in [0.15, 0.2) is 47.1 Å². The van der Waals surface area contributed by atoms with Crippen molar-refractivity contribution in [3.8, 4) is 11.5 Å². The first-order chi connectivity index (χ1) is 16.6. The molecule has 0 bridgehead atoms. The van der Waals surface area contributed by atoms with Gasteiger partial charge in [-0.2, -0.15) is 13.2 Å². The number of amides is 1.